The van der Waals surface area contributed by atoms with Gasteiger partial charge >= 0.3 is 0 Å². The Kier molecular flexibility index (Phi) is 17.2. The maximum atomic E-state index is 15.3. The number of carbonyl (C=O) groups is 1. The van der Waals surface area contributed by atoms with E-state index in [9.17, 15) is 61.3 Å². The number of allylic oxidation sites excluding steroid dienone is 2. The van der Waals surface area contributed by atoms with Crippen molar-refractivity contribution in [2.75, 3.05) is 26.4 Å². The zero-order valence-corrected chi connectivity index (χ0v) is 43.6. The topological polar surface area (TPSA) is 334 Å². The van der Waals surface area contributed by atoms with Gasteiger partial charge in [0.15, 0.2) is 25.2 Å². The number of aliphatic hydroxyl groups excluding tert-OH is 12. The lowest BCUT2D eigenvalue weighted by Crippen LogP contribution is -2.67. The molecule has 27 atom stereocenters. The smallest absolute Gasteiger partial charge is 0.187 e. The minimum Gasteiger partial charge on any atom is -0.388 e. The van der Waals surface area contributed by atoms with Crippen molar-refractivity contribution >= 4 is 5.78 Å². The normalized spacial score (nSPS) is 51.8. The average molecular weight is 1050 g/mol. The Morgan fingerprint density at radius 3 is 1.67 bits per heavy atom. The van der Waals surface area contributed by atoms with Crippen molar-refractivity contribution in [2.24, 2.45) is 45.3 Å². The lowest BCUT2D eigenvalue weighted by Gasteiger charge is -2.69. The first kappa shape index (κ1) is 57.8. The average Bonchev–Trinajstić information content (AvgIpc) is 3.72. The first-order valence-corrected chi connectivity index (χ1v) is 26.5. The standard InChI is InChI=1S/C52H86O21/c1-23(2)10-9-14-52(8,73-47-43(65)39(61)37(59)29(71-47)22-69-45-41(63)35(57)27(55)20-67-45)24-11-16-51(7)33(24)25(53)18-31-49(5)15-13-32(48(3,4)30(49)12-17-50(31,51)6)72-46-42(64)38(60)36(58)28(70-46)21-68-44-40(62)34(56)26(54)19-66-44/h10,24,26-47,54-65H,9,11-22H2,1-8H3/t24-,26+,27+,28+,29+,30-,31+,32-,33-,34-,35+,36+,37+,38-,39-,40+,41-,42+,43+,44-,45+,46-,47-,49-,50+,51+,52-/m0/s1. The van der Waals surface area contributed by atoms with E-state index < -0.39 is 152 Å². The Balaban J connectivity index is 0.977. The van der Waals surface area contributed by atoms with Crippen molar-refractivity contribution in [3.63, 3.8) is 0 Å². The minimum atomic E-state index is -1.72. The fraction of sp³-hybridized carbons (Fsp3) is 0.942. The van der Waals surface area contributed by atoms with Gasteiger partial charge in [0.25, 0.3) is 0 Å². The van der Waals surface area contributed by atoms with E-state index >= 15 is 4.79 Å². The molecule has 0 aromatic rings. The molecule has 8 rings (SSSR count). The Labute approximate surface area is 427 Å². The quantitative estimate of drug-likeness (QED) is 0.0755. The van der Waals surface area contributed by atoms with Crippen LogP contribution < -0.4 is 0 Å². The molecule has 73 heavy (non-hydrogen) atoms. The predicted octanol–water partition coefficient (Wildman–Crippen LogP) is -0.716. The third-order valence-corrected chi connectivity index (χ3v) is 19.9. The van der Waals surface area contributed by atoms with Gasteiger partial charge in [0, 0.05) is 12.3 Å². The third kappa shape index (κ3) is 10.3. The summed E-state index contributed by atoms with van der Waals surface area (Å²) in [6.07, 6.45) is -19.5. The molecule has 4 saturated carbocycles. The van der Waals surface area contributed by atoms with E-state index in [1.54, 1.807) is 0 Å². The molecule has 21 nitrogen and oxygen atoms in total. The highest BCUT2D eigenvalue weighted by Crippen LogP contribution is 2.75. The second kappa shape index (κ2) is 21.7. The predicted molar refractivity (Wildman–Crippen MR) is 253 cm³/mol. The molecule has 0 radical (unpaired) electrons. The molecule has 0 aromatic heterocycles. The molecule has 8 aliphatic rings. The zero-order valence-electron chi connectivity index (χ0n) is 43.6. The molecule has 8 fully saturated rings. The van der Waals surface area contributed by atoms with Crippen LogP contribution in [0.5, 0.6) is 0 Å². The fourth-order valence-electron chi connectivity index (χ4n) is 15.3. The molecule has 0 spiro atoms. The molecule has 420 valence electrons. The molecule has 21 heteroatoms. The second-order valence-corrected chi connectivity index (χ2v) is 24.7. The van der Waals surface area contributed by atoms with Gasteiger partial charge in [0.2, 0.25) is 0 Å². The number of Topliss-reactive ketones (excluding diaryl/α,β-unsaturated/α-hetero) is 1. The van der Waals surface area contributed by atoms with Gasteiger partial charge in [0.05, 0.1) is 38.1 Å². The largest absolute Gasteiger partial charge is 0.388 e. The summed E-state index contributed by atoms with van der Waals surface area (Å²) in [5, 5.41) is 128. The van der Waals surface area contributed by atoms with Gasteiger partial charge in [0.1, 0.15) is 91.2 Å². The van der Waals surface area contributed by atoms with Crippen LogP contribution in [-0.4, -0.2) is 216 Å². The van der Waals surface area contributed by atoms with Gasteiger partial charge in [-0.3, -0.25) is 4.79 Å². The Bertz CT molecular complexity index is 1940. The Hall–Kier alpha value is -1.39. The van der Waals surface area contributed by atoms with E-state index in [1.165, 1.54) is 0 Å². The summed E-state index contributed by atoms with van der Waals surface area (Å²) < 4.78 is 47.8. The van der Waals surface area contributed by atoms with Crippen molar-refractivity contribution in [3.8, 4) is 0 Å². The molecule has 0 amide bonds. The molecule has 4 saturated heterocycles. The molecule has 0 bridgehead atoms. The summed E-state index contributed by atoms with van der Waals surface area (Å²) in [6, 6.07) is 0. The maximum Gasteiger partial charge on any atom is 0.187 e. The number of fused-ring (bicyclic) bond motifs is 5. The van der Waals surface area contributed by atoms with Crippen LogP contribution >= 0.6 is 0 Å². The number of hydrogen-bond donors (Lipinski definition) is 12. The van der Waals surface area contributed by atoms with Crippen LogP contribution in [0.1, 0.15) is 113 Å². The number of ketones is 1. The highest BCUT2D eigenvalue weighted by Gasteiger charge is 2.72. The highest BCUT2D eigenvalue weighted by molar-refractivity contribution is 5.84. The maximum absolute atomic E-state index is 15.3. The number of aliphatic hydroxyl groups is 12. The van der Waals surface area contributed by atoms with Crippen LogP contribution in [0, 0.1) is 45.3 Å². The van der Waals surface area contributed by atoms with Gasteiger partial charge in [-0.1, -0.05) is 46.3 Å². The fourth-order valence-corrected chi connectivity index (χ4v) is 15.3. The van der Waals surface area contributed by atoms with Gasteiger partial charge in [-0.15, -0.1) is 0 Å². The molecule has 0 unspecified atom stereocenters. The highest BCUT2D eigenvalue weighted by atomic mass is 16.7. The van der Waals surface area contributed by atoms with Crippen LogP contribution in [0.4, 0.5) is 0 Å². The van der Waals surface area contributed by atoms with E-state index in [0.29, 0.717) is 38.5 Å². The van der Waals surface area contributed by atoms with E-state index in [0.717, 1.165) is 24.8 Å². The van der Waals surface area contributed by atoms with Crippen LogP contribution in [0.3, 0.4) is 0 Å². The van der Waals surface area contributed by atoms with Gasteiger partial charge in [-0.25, -0.2) is 0 Å². The summed E-state index contributed by atoms with van der Waals surface area (Å²) in [5.74, 6) is -0.543. The van der Waals surface area contributed by atoms with Gasteiger partial charge in [-0.05, 0) is 112 Å². The van der Waals surface area contributed by atoms with Crippen molar-refractivity contribution in [2.45, 2.75) is 235 Å². The summed E-state index contributed by atoms with van der Waals surface area (Å²) in [6.45, 7) is 15.7. The monoisotopic (exact) mass is 1050 g/mol. The first-order valence-electron chi connectivity index (χ1n) is 26.5. The van der Waals surface area contributed by atoms with Crippen LogP contribution in [-0.2, 0) is 42.7 Å². The molecule has 0 aromatic carbocycles. The lowest BCUT2D eigenvalue weighted by molar-refractivity contribution is -0.344. The molecule has 12 N–H and O–H groups in total. The van der Waals surface area contributed by atoms with Crippen molar-refractivity contribution in [1.82, 2.24) is 0 Å². The molecular weight excluding hydrogens is 961 g/mol. The minimum absolute atomic E-state index is 0.00624. The SMILES string of the molecule is CC(C)=CCC[C@](C)(O[C@@H]1O[C@H](CO[C@H]2OC[C@@H](O)[C@@H](O)[C@@H]2O)[C@@H](O)[C@H](O)[C@H]1O)[C@H]1CC[C@]2(C)[C@@H]1C(=O)C[C@@H]1[C@@]3(C)CC[C@H](O[C@@H]4O[C@H](CO[C@@H]5OC[C@@H](O)[C@H](O)[C@H]5O)[C@@H](O)[C@H](O)[C@H]4O)C(C)(C)[C@@H]3CC[C@]12C. The van der Waals surface area contributed by atoms with Crippen LogP contribution in [0.15, 0.2) is 11.6 Å². The van der Waals surface area contributed by atoms with Crippen molar-refractivity contribution < 1.29 is 104 Å². The van der Waals surface area contributed by atoms with Crippen molar-refractivity contribution in [1.29, 1.82) is 0 Å². The number of carbonyl (C=O) groups excluding carboxylic acids is 1. The number of ether oxygens (including phenoxy) is 8. The second-order valence-electron chi connectivity index (χ2n) is 24.7. The molecule has 4 heterocycles. The third-order valence-electron chi connectivity index (χ3n) is 19.9. The van der Waals surface area contributed by atoms with Crippen LogP contribution in [0.2, 0.25) is 0 Å². The first-order chi connectivity index (χ1) is 34.1. The Morgan fingerprint density at radius 2 is 1.12 bits per heavy atom. The van der Waals surface area contributed by atoms with Crippen LogP contribution in [0.25, 0.3) is 0 Å². The Morgan fingerprint density at radius 1 is 0.616 bits per heavy atom. The molecular formula is C52H86O21. The zero-order chi connectivity index (χ0) is 53.5. The summed E-state index contributed by atoms with van der Waals surface area (Å²) >= 11 is 0. The van der Waals surface area contributed by atoms with E-state index in [1.807, 2.05) is 20.8 Å². The summed E-state index contributed by atoms with van der Waals surface area (Å²) in [5.41, 5.74) is -1.59. The van der Waals surface area contributed by atoms with E-state index in [-0.39, 0.29) is 47.6 Å². The summed E-state index contributed by atoms with van der Waals surface area (Å²) in [4.78, 5) is 15.3. The lowest BCUT2D eigenvalue weighted by atomic mass is 9.35. The van der Waals surface area contributed by atoms with E-state index in [4.69, 9.17) is 37.9 Å². The van der Waals surface area contributed by atoms with Gasteiger partial charge in [-0.2, -0.15) is 0 Å². The molecule has 4 aliphatic heterocycles. The number of hydrogen-bond acceptors (Lipinski definition) is 21. The van der Waals surface area contributed by atoms with Crippen molar-refractivity contribution in [3.05, 3.63) is 11.6 Å². The number of rotatable bonds is 14. The summed E-state index contributed by atoms with van der Waals surface area (Å²) in [7, 11) is 0. The van der Waals surface area contributed by atoms with E-state index in [2.05, 4.69) is 40.7 Å². The molecule has 4 aliphatic carbocycles. The van der Waals surface area contributed by atoms with Gasteiger partial charge < -0.3 is 99.2 Å².